The number of nitrogens with zero attached hydrogens (tertiary/aromatic N) is 1. The van der Waals surface area contributed by atoms with Crippen LogP contribution in [-0.2, 0) is 4.79 Å². The van der Waals surface area contributed by atoms with E-state index in [0.29, 0.717) is 30.3 Å². The molecule has 0 radical (unpaired) electrons. The van der Waals surface area contributed by atoms with Crippen molar-refractivity contribution in [1.82, 2.24) is 10.7 Å². The number of hydrazone groups is 1. The summed E-state index contributed by atoms with van der Waals surface area (Å²) in [6, 6.07) is 13.5. The number of amides is 2. The molecule has 1 atom stereocenters. The summed E-state index contributed by atoms with van der Waals surface area (Å²) in [4.78, 5) is 25.0. The molecule has 2 N–H and O–H groups in total. The van der Waals surface area contributed by atoms with Crippen LogP contribution in [-0.4, -0.2) is 37.3 Å². The number of benzene rings is 2. The minimum absolute atomic E-state index is 0.108. The fraction of sp³-hybridized carbons (Fsp3) is 0.348. The number of carbonyl (C=O) groups is 2. The lowest BCUT2D eigenvalue weighted by Crippen LogP contribution is -2.48. The Hall–Kier alpha value is -3.35. The molecule has 0 spiro atoms. The number of carbonyl (C=O) groups excluding carboxylic acids is 2. The van der Waals surface area contributed by atoms with Gasteiger partial charge in [-0.25, -0.2) is 5.43 Å². The maximum Gasteiger partial charge on any atom is 0.262 e. The van der Waals surface area contributed by atoms with E-state index in [2.05, 4.69) is 15.8 Å². The van der Waals surface area contributed by atoms with Gasteiger partial charge in [-0.2, -0.15) is 5.10 Å². The molecular weight excluding hydrogens is 382 g/mol. The second-order valence-corrected chi connectivity index (χ2v) is 6.87. The van der Waals surface area contributed by atoms with Crippen molar-refractivity contribution in [2.75, 3.05) is 13.2 Å². The van der Waals surface area contributed by atoms with E-state index in [1.165, 1.54) is 6.21 Å². The van der Waals surface area contributed by atoms with Gasteiger partial charge in [-0.05, 0) is 55.7 Å². The normalized spacial score (nSPS) is 11.9. The maximum absolute atomic E-state index is 12.6. The standard InChI is InChI=1S/C23H29N3O4/c1-5-29-19-13-12-17(14-20(19)30-6-2)15-24-26-23(28)21(16(3)4)25-22(27)18-10-8-7-9-11-18/h7-16,21H,5-6H2,1-4H3,(H,25,27)(H,26,28). The first-order chi connectivity index (χ1) is 14.5. The van der Waals surface area contributed by atoms with Gasteiger partial charge in [0, 0.05) is 5.56 Å². The first kappa shape index (κ1) is 22.9. The number of ether oxygens (including phenoxy) is 2. The summed E-state index contributed by atoms with van der Waals surface area (Å²) in [7, 11) is 0. The van der Waals surface area contributed by atoms with Crippen LogP contribution in [0.3, 0.4) is 0 Å². The van der Waals surface area contributed by atoms with E-state index in [9.17, 15) is 9.59 Å². The molecule has 2 aromatic rings. The molecule has 7 heteroatoms. The summed E-state index contributed by atoms with van der Waals surface area (Å²) in [5.74, 6) is 0.472. The highest BCUT2D eigenvalue weighted by Crippen LogP contribution is 2.27. The van der Waals surface area contributed by atoms with E-state index in [1.54, 1.807) is 36.4 Å². The van der Waals surface area contributed by atoms with Gasteiger partial charge in [-0.3, -0.25) is 9.59 Å². The smallest absolute Gasteiger partial charge is 0.262 e. The van der Waals surface area contributed by atoms with Crippen molar-refractivity contribution in [2.45, 2.75) is 33.7 Å². The van der Waals surface area contributed by atoms with Crippen molar-refractivity contribution in [3.63, 3.8) is 0 Å². The third-order valence-corrected chi connectivity index (χ3v) is 4.23. The minimum atomic E-state index is -0.714. The molecule has 0 saturated heterocycles. The van der Waals surface area contributed by atoms with Gasteiger partial charge in [0.15, 0.2) is 11.5 Å². The lowest BCUT2D eigenvalue weighted by Gasteiger charge is -2.20. The monoisotopic (exact) mass is 411 g/mol. The topological polar surface area (TPSA) is 89.0 Å². The Kier molecular flexibility index (Phi) is 8.87. The molecule has 2 amide bonds. The molecule has 0 fully saturated rings. The summed E-state index contributed by atoms with van der Waals surface area (Å²) in [6.45, 7) is 8.57. The largest absolute Gasteiger partial charge is 0.490 e. The zero-order chi connectivity index (χ0) is 21.9. The molecular formula is C23H29N3O4. The van der Waals surface area contributed by atoms with Crippen LogP contribution in [0.5, 0.6) is 11.5 Å². The average Bonchev–Trinajstić information content (AvgIpc) is 2.74. The SMILES string of the molecule is CCOc1ccc(C=NNC(=O)C(NC(=O)c2ccccc2)C(C)C)cc1OCC. The fourth-order valence-corrected chi connectivity index (χ4v) is 2.74. The first-order valence-corrected chi connectivity index (χ1v) is 10.0. The van der Waals surface area contributed by atoms with Crippen LogP contribution in [0.15, 0.2) is 53.6 Å². The van der Waals surface area contributed by atoms with Crippen LogP contribution in [0.4, 0.5) is 0 Å². The molecule has 7 nitrogen and oxygen atoms in total. The van der Waals surface area contributed by atoms with Crippen molar-refractivity contribution >= 4 is 18.0 Å². The van der Waals surface area contributed by atoms with Gasteiger partial charge in [0.05, 0.1) is 19.4 Å². The Morgan fingerprint density at radius 3 is 2.30 bits per heavy atom. The summed E-state index contributed by atoms with van der Waals surface area (Å²) in [6.07, 6.45) is 1.52. The Bertz CT molecular complexity index is 866. The van der Waals surface area contributed by atoms with Gasteiger partial charge in [0.25, 0.3) is 11.8 Å². The van der Waals surface area contributed by atoms with Crippen LogP contribution in [0.2, 0.25) is 0 Å². The zero-order valence-electron chi connectivity index (χ0n) is 17.8. The maximum atomic E-state index is 12.6. The quantitative estimate of drug-likeness (QED) is 0.463. The number of hydrogen-bond acceptors (Lipinski definition) is 5. The fourth-order valence-electron chi connectivity index (χ4n) is 2.74. The minimum Gasteiger partial charge on any atom is -0.490 e. The number of rotatable bonds is 10. The molecule has 0 heterocycles. The van der Waals surface area contributed by atoms with Crippen molar-refractivity contribution in [3.05, 3.63) is 59.7 Å². The summed E-state index contributed by atoms with van der Waals surface area (Å²) < 4.78 is 11.1. The molecule has 0 bridgehead atoms. The van der Waals surface area contributed by atoms with Crippen LogP contribution in [0.1, 0.15) is 43.6 Å². The molecule has 1 unspecified atom stereocenters. The molecule has 0 saturated carbocycles. The molecule has 160 valence electrons. The van der Waals surface area contributed by atoms with Gasteiger partial charge < -0.3 is 14.8 Å². The second kappa shape index (κ2) is 11.6. The van der Waals surface area contributed by atoms with Gasteiger partial charge in [-0.1, -0.05) is 32.0 Å². The lowest BCUT2D eigenvalue weighted by atomic mass is 10.0. The van der Waals surface area contributed by atoms with E-state index < -0.39 is 6.04 Å². The summed E-state index contributed by atoms with van der Waals surface area (Å²) in [5.41, 5.74) is 3.75. The van der Waals surface area contributed by atoms with Crippen molar-refractivity contribution in [3.8, 4) is 11.5 Å². The molecule has 0 aliphatic rings. The van der Waals surface area contributed by atoms with Crippen molar-refractivity contribution in [1.29, 1.82) is 0 Å². The van der Waals surface area contributed by atoms with Crippen molar-refractivity contribution in [2.24, 2.45) is 11.0 Å². The molecule has 0 aliphatic carbocycles. The third kappa shape index (κ3) is 6.62. The second-order valence-electron chi connectivity index (χ2n) is 6.87. The van der Waals surface area contributed by atoms with E-state index in [0.717, 1.165) is 5.56 Å². The Morgan fingerprint density at radius 1 is 1.00 bits per heavy atom. The predicted molar refractivity (Wildman–Crippen MR) is 117 cm³/mol. The highest BCUT2D eigenvalue weighted by molar-refractivity contribution is 5.97. The van der Waals surface area contributed by atoms with Crippen molar-refractivity contribution < 1.29 is 19.1 Å². The van der Waals surface area contributed by atoms with E-state index in [4.69, 9.17) is 9.47 Å². The van der Waals surface area contributed by atoms with Gasteiger partial charge >= 0.3 is 0 Å². The third-order valence-electron chi connectivity index (χ3n) is 4.23. The van der Waals surface area contributed by atoms with Gasteiger partial charge in [-0.15, -0.1) is 0 Å². The van der Waals surface area contributed by atoms with Crippen LogP contribution in [0.25, 0.3) is 0 Å². The van der Waals surface area contributed by atoms with E-state index in [1.807, 2.05) is 39.8 Å². The summed E-state index contributed by atoms with van der Waals surface area (Å²) in [5, 5.41) is 6.80. The highest BCUT2D eigenvalue weighted by atomic mass is 16.5. The van der Waals surface area contributed by atoms with Crippen LogP contribution >= 0.6 is 0 Å². The van der Waals surface area contributed by atoms with Gasteiger partial charge in [0.2, 0.25) is 0 Å². The van der Waals surface area contributed by atoms with E-state index >= 15 is 0 Å². The Morgan fingerprint density at radius 2 is 1.67 bits per heavy atom. The van der Waals surface area contributed by atoms with Gasteiger partial charge in [0.1, 0.15) is 6.04 Å². The number of hydrogen-bond donors (Lipinski definition) is 2. The van der Waals surface area contributed by atoms with Crippen LogP contribution < -0.4 is 20.2 Å². The lowest BCUT2D eigenvalue weighted by molar-refractivity contribution is -0.123. The Labute approximate surface area is 177 Å². The van der Waals surface area contributed by atoms with Crippen LogP contribution in [0, 0.1) is 5.92 Å². The molecule has 0 aliphatic heterocycles. The average molecular weight is 412 g/mol. The first-order valence-electron chi connectivity index (χ1n) is 10.0. The zero-order valence-corrected chi connectivity index (χ0v) is 17.8. The molecule has 2 rings (SSSR count). The molecule has 30 heavy (non-hydrogen) atoms. The van der Waals surface area contributed by atoms with E-state index in [-0.39, 0.29) is 17.7 Å². The Balaban J connectivity index is 2.03. The highest BCUT2D eigenvalue weighted by Gasteiger charge is 2.24. The molecule has 0 aromatic heterocycles. The predicted octanol–water partition coefficient (Wildman–Crippen LogP) is 3.39. The molecule has 2 aromatic carbocycles. The summed E-state index contributed by atoms with van der Waals surface area (Å²) >= 11 is 0. The number of nitrogens with one attached hydrogen (secondary N) is 2.